The zero-order chi connectivity index (χ0) is 10.7. The second-order valence-corrected chi connectivity index (χ2v) is 2.79. The van der Waals surface area contributed by atoms with Crippen molar-refractivity contribution in [2.24, 2.45) is 0 Å². The van der Waals surface area contributed by atoms with Crippen LogP contribution in [0.3, 0.4) is 0 Å². The normalized spacial score (nSPS) is 9.21. The van der Waals surface area contributed by atoms with Crippen molar-refractivity contribution in [3.05, 3.63) is 28.8 Å². The molecule has 0 atom stereocenters. The number of aromatic hydroxyl groups is 1. The van der Waals surface area contributed by atoms with Crippen molar-refractivity contribution in [1.82, 2.24) is 0 Å². The van der Waals surface area contributed by atoms with Crippen LogP contribution >= 0.6 is 0 Å². The zero-order valence-electron chi connectivity index (χ0n) is 7.87. The lowest BCUT2D eigenvalue weighted by atomic mass is 10.1. The van der Waals surface area contributed by atoms with Crippen LogP contribution in [0.1, 0.15) is 21.5 Å². The molecule has 0 aromatic heterocycles. The molecule has 0 aliphatic rings. The van der Waals surface area contributed by atoms with Crippen LogP contribution in [0.25, 0.3) is 0 Å². The summed E-state index contributed by atoms with van der Waals surface area (Å²) in [6.07, 6.45) is 0. The molecule has 0 radical (unpaired) electrons. The van der Waals surface area contributed by atoms with Crippen LogP contribution in [0.4, 0.5) is 0 Å². The van der Waals surface area contributed by atoms with E-state index >= 15 is 0 Å². The summed E-state index contributed by atoms with van der Waals surface area (Å²) >= 11 is 0. The van der Waals surface area contributed by atoms with Gasteiger partial charge in [0.1, 0.15) is 11.8 Å². The van der Waals surface area contributed by atoms with Crippen LogP contribution in [0.15, 0.2) is 12.1 Å². The highest BCUT2D eigenvalue weighted by molar-refractivity contribution is 5.90. The topological polar surface area (TPSA) is 70.3 Å². The minimum atomic E-state index is -0.524. The summed E-state index contributed by atoms with van der Waals surface area (Å²) in [7, 11) is 1.26. The number of rotatable bonds is 1. The Labute approximate surface area is 81.4 Å². The summed E-state index contributed by atoms with van der Waals surface area (Å²) in [6, 6.07) is 4.57. The molecular weight excluding hydrogens is 182 g/mol. The summed E-state index contributed by atoms with van der Waals surface area (Å²) in [6.45, 7) is 1.61. The Morgan fingerprint density at radius 1 is 1.57 bits per heavy atom. The van der Waals surface area contributed by atoms with Gasteiger partial charge in [-0.1, -0.05) is 0 Å². The highest BCUT2D eigenvalue weighted by Gasteiger charge is 2.11. The fourth-order valence-corrected chi connectivity index (χ4v) is 1.10. The monoisotopic (exact) mass is 191 g/mol. The van der Waals surface area contributed by atoms with Crippen LogP contribution in [-0.4, -0.2) is 18.2 Å². The molecular formula is C10H9NO3. The van der Waals surface area contributed by atoms with Crippen LogP contribution in [0.5, 0.6) is 5.75 Å². The second kappa shape index (κ2) is 3.79. The van der Waals surface area contributed by atoms with Crippen LogP contribution in [0.2, 0.25) is 0 Å². The highest BCUT2D eigenvalue weighted by atomic mass is 16.5. The Morgan fingerprint density at radius 3 is 2.71 bits per heavy atom. The molecule has 14 heavy (non-hydrogen) atoms. The first kappa shape index (κ1) is 10.1. The van der Waals surface area contributed by atoms with Gasteiger partial charge in [0.25, 0.3) is 0 Å². The number of benzene rings is 1. The van der Waals surface area contributed by atoms with Gasteiger partial charge in [-0.05, 0) is 24.6 Å². The van der Waals surface area contributed by atoms with Crippen molar-refractivity contribution in [2.45, 2.75) is 6.92 Å². The van der Waals surface area contributed by atoms with E-state index in [1.807, 2.05) is 0 Å². The number of aryl methyl sites for hydroxylation is 1. The number of nitrogens with zero attached hydrogens (tertiary/aromatic N) is 1. The number of methoxy groups -OCH3 is 1. The van der Waals surface area contributed by atoms with Crippen LogP contribution < -0.4 is 0 Å². The Hall–Kier alpha value is -2.02. The fraction of sp³-hybridized carbons (Fsp3) is 0.200. The van der Waals surface area contributed by atoms with Crippen molar-refractivity contribution in [3.63, 3.8) is 0 Å². The van der Waals surface area contributed by atoms with E-state index < -0.39 is 5.97 Å². The molecule has 1 aromatic rings. The number of phenols is 1. The molecule has 0 aliphatic heterocycles. The van der Waals surface area contributed by atoms with Gasteiger partial charge in [0.2, 0.25) is 0 Å². The SMILES string of the molecule is COC(=O)c1cc(C)c(O)c(C#N)c1. The maximum atomic E-state index is 11.1. The summed E-state index contributed by atoms with van der Waals surface area (Å²) in [4.78, 5) is 11.1. The minimum absolute atomic E-state index is 0.0744. The van der Waals surface area contributed by atoms with E-state index in [1.165, 1.54) is 19.2 Å². The van der Waals surface area contributed by atoms with E-state index in [1.54, 1.807) is 13.0 Å². The number of carbonyl (C=O) groups is 1. The number of esters is 1. The number of hydrogen-bond acceptors (Lipinski definition) is 4. The van der Waals surface area contributed by atoms with Gasteiger partial charge in [-0.2, -0.15) is 5.26 Å². The van der Waals surface area contributed by atoms with Gasteiger partial charge in [0, 0.05) is 0 Å². The van der Waals surface area contributed by atoms with Gasteiger partial charge in [0.05, 0.1) is 18.2 Å². The number of ether oxygens (including phenoxy) is 1. The largest absolute Gasteiger partial charge is 0.506 e. The molecule has 0 aliphatic carbocycles. The molecule has 0 fully saturated rings. The maximum absolute atomic E-state index is 11.1. The van der Waals surface area contributed by atoms with E-state index in [0.29, 0.717) is 5.56 Å². The Bertz CT molecular complexity index is 418. The summed E-state index contributed by atoms with van der Waals surface area (Å²) < 4.78 is 4.50. The Morgan fingerprint density at radius 2 is 2.21 bits per heavy atom. The van der Waals surface area contributed by atoms with Gasteiger partial charge in [0.15, 0.2) is 0 Å². The quantitative estimate of drug-likeness (QED) is 0.680. The third kappa shape index (κ3) is 1.67. The first-order chi connectivity index (χ1) is 6.60. The van der Waals surface area contributed by atoms with Crippen molar-refractivity contribution >= 4 is 5.97 Å². The first-order valence-corrected chi connectivity index (χ1v) is 3.92. The third-order valence-corrected chi connectivity index (χ3v) is 1.84. The average molecular weight is 191 g/mol. The van der Waals surface area contributed by atoms with E-state index in [4.69, 9.17) is 5.26 Å². The summed E-state index contributed by atoms with van der Waals surface area (Å²) in [5, 5.41) is 18.1. The molecule has 0 saturated carbocycles. The van der Waals surface area contributed by atoms with E-state index in [9.17, 15) is 9.90 Å². The van der Waals surface area contributed by atoms with E-state index in [2.05, 4.69) is 4.74 Å². The van der Waals surface area contributed by atoms with Crippen molar-refractivity contribution in [2.75, 3.05) is 7.11 Å². The molecule has 0 bridgehead atoms. The molecule has 0 heterocycles. The zero-order valence-corrected chi connectivity index (χ0v) is 7.87. The van der Waals surface area contributed by atoms with Crippen molar-refractivity contribution < 1.29 is 14.6 Å². The molecule has 0 unspecified atom stereocenters. The molecule has 4 nitrogen and oxygen atoms in total. The predicted octanol–water partition coefficient (Wildman–Crippen LogP) is 1.36. The van der Waals surface area contributed by atoms with Gasteiger partial charge in [-0.25, -0.2) is 4.79 Å². The molecule has 1 rings (SSSR count). The van der Waals surface area contributed by atoms with Crippen LogP contribution in [-0.2, 0) is 4.74 Å². The molecule has 0 spiro atoms. The third-order valence-electron chi connectivity index (χ3n) is 1.84. The summed E-state index contributed by atoms with van der Waals surface area (Å²) in [5.74, 6) is -0.621. The molecule has 4 heteroatoms. The Kier molecular flexibility index (Phi) is 2.73. The van der Waals surface area contributed by atoms with Gasteiger partial charge in [-0.15, -0.1) is 0 Å². The van der Waals surface area contributed by atoms with E-state index in [0.717, 1.165) is 0 Å². The maximum Gasteiger partial charge on any atom is 0.337 e. The second-order valence-electron chi connectivity index (χ2n) is 2.79. The molecule has 1 N–H and O–H groups in total. The summed E-state index contributed by atoms with van der Waals surface area (Å²) in [5.41, 5.74) is 0.814. The number of nitriles is 1. The first-order valence-electron chi connectivity index (χ1n) is 3.92. The van der Waals surface area contributed by atoms with Crippen LogP contribution in [0, 0.1) is 18.3 Å². The smallest absolute Gasteiger partial charge is 0.337 e. The molecule has 0 saturated heterocycles. The number of phenolic OH excluding ortho intramolecular Hbond substituents is 1. The van der Waals surface area contributed by atoms with Crippen molar-refractivity contribution in [3.8, 4) is 11.8 Å². The molecule has 72 valence electrons. The van der Waals surface area contributed by atoms with Gasteiger partial charge < -0.3 is 9.84 Å². The lowest BCUT2D eigenvalue weighted by Crippen LogP contribution is -2.02. The lowest BCUT2D eigenvalue weighted by molar-refractivity contribution is 0.0600. The lowest BCUT2D eigenvalue weighted by Gasteiger charge is -2.04. The number of carbonyl (C=O) groups excluding carboxylic acids is 1. The standard InChI is InChI=1S/C10H9NO3/c1-6-3-7(10(13)14-2)4-8(5-11)9(6)12/h3-4,12H,1-2H3. The minimum Gasteiger partial charge on any atom is -0.506 e. The van der Waals surface area contributed by atoms with Gasteiger partial charge >= 0.3 is 5.97 Å². The Balaban J connectivity index is 3.32. The molecule has 0 amide bonds. The number of hydrogen-bond donors (Lipinski definition) is 1. The van der Waals surface area contributed by atoms with Crippen molar-refractivity contribution in [1.29, 1.82) is 5.26 Å². The predicted molar refractivity (Wildman–Crippen MR) is 48.9 cm³/mol. The molecule has 1 aromatic carbocycles. The fourth-order valence-electron chi connectivity index (χ4n) is 1.10. The highest BCUT2D eigenvalue weighted by Crippen LogP contribution is 2.23. The van der Waals surface area contributed by atoms with E-state index in [-0.39, 0.29) is 16.9 Å². The van der Waals surface area contributed by atoms with Gasteiger partial charge in [-0.3, -0.25) is 0 Å². The average Bonchev–Trinajstić information content (AvgIpc) is 2.20.